The highest BCUT2D eigenvalue weighted by atomic mass is 16.5. The zero-order valence-electron chi connectivity index (χ0n) is 14.8. The van der Waals surface area contributed by atoms with Crippen molar-refractivity contribution in [1.82, 2.24) is 4.90 Å². The van der Waals surface area contributed by atoms with Crippen LogP contribution in [-0.2, 0) is 4.74 Å². The van der Waals surface area contributed by atoms with Gasteiger partial charge in [0.2, 0.25) is 0 Å². The molecule has 0 heterocycles. The predicted octanol–water partition coefficient (Wildman–Crippen LogP) is 3.56. The van der Waals surface area contributed by atoms with E-state index in [9.17, 15) is 5.11 Å². The van der Waals surface area contributed by atoms with Crippen LogP contribution in [-0.4, -0.2) is 49.0 Å². The van der Waals surface area contributed by atoms with Crippen molar-refractivity contribution in [2.45, 2.75) is 72.0 Å². The molecule has 1 unspecified atom stereocenters. The van der Waals surface area contributed by atoms with Crippen LogP contribution in [0.1, 0.15) is 59.8 Å². The Kier molecular flexibility index (Phi) is 8.84. The summed E-state index contributed by atoms with van der Waals surface area (Å²) in [5, 5.41) is 10.3. The highest BCUT2D eigenvalue weighted by Gasteiger charge is 2.25. The van der Waals surface area contributed by atoms with Gasteiger partial charge in [0.25, 0.3) is 0 Å². The third-order valence-corrected chi connectivity index (χ3v) is 4.95. The number of nitrogens with zero attached hydrogens (tertiary/aromatic N) is 1. The molecule has 3 nitrogen and oxygen atoms in total. The van der Waals surface area contributed by atoms with Crippen molar-refractivity contribution in [2.75, 3.05) is 26.7 Å². The number of hydrogen-bond donors (Lipinski definition) is 1. The first-order valence-electron chi connectivity index (χ1n) is 8.96. The Hall–Kier alpha value is -0.120. The van der Waals surface area contributed by atoms with Crippen molar-refractivity contribution in [3.8, 4) is 0 Å². The van der Waals surface area contributed by atoms with E-state index in [1.54, 1.807) is 0 Å². The summed E-state index contributed by atoms with van der Waals surface area (Å²) in [5.41, 5.74) is 0. The van der Waals surface area contributed by atoms with Crippen molar-refractivity contribution >= 4 is 0 Å². The van der Waals surface area contributed by atoms with E-state index in [-0.39, 0.29) is 18.1 Å². The molecule has 126 valence electrons. The van der Waals surface area contributed by atoms with Crippen molar-refractivity contribution in [2.24, 2.45) is 17.8 Å². The van der Waals surface area contributed by atoms with Crippen molar-refractivity contribution < 1.29 is 9.84 Å². The number of rotatable bonds is 12. The van der Waals surface area contributed by atoms with Gasteiger partial charge in [0.1, 0.15) is 0 Å². The van der Waals surface area contributed by atoms with E-state index < -0.39 is 0 Å². The lowest BCUT2D eigenvalue weighted by Gasteiger charge is -2.29. The van der Waals surface area contributed by atoms with Crippen LogP contribution in [0.5, 0.6) is 0 Å². The van der Waals surface area contributed by atoms with Gasteiger partial charge in [-0.2, -0.15) is 0 Å². The second kappa shape index (κ2) is 9.81. The van der Waals surface area contributed by atoms with Gasteiger partial charge in [0.05, 0.1) is 12.2 Å². The standard InChI is InChI=1S/C18H37NO2/c1-6-16(12-17-8-9-17)10-11-19(5)13-14(3)18(20)15(4)21-7-2/h14-18,20H,6-13H2,1-5H3/t14-,15+,16?,18+/m1/s1. The Bertz CT molecular complexity index is 268. The Balaban J connectivity index is 2.22. The second-order valence-electron chi connectivity index (χ2n) is 7.13. The largest absolute Gasteiger partial charge is 0.390 e. The van der Waals surface area contributed by atoms with Gasteiger partial charge < -0.3 is 14.7 Å². The van der Waals surface area contributed by atoms with E-state index in [1.165, 1.54) is 32.1 Å². The monoisotopic (exact) mass is 299 g/mol. The summed E-state index contributed by atoms with van der Waals surface area (Å²) in [6.45, 7) is 11.1. The fourth-order valence-electron chi connectivity index (χ4n) is 3.23. The molecule has 4 atom stereocenters. The molecule has 0 aliphatic heterocycles. The minimum atomic E-state index is -0.374. The van der Waals surface area contributed by atoms with Gasteiger partial charge in [-0.25, -0.2) is 0 Å². The fourth-order valence-corrected chi connectivity index (χ4v) is 3.23. The Morgan fingerprint density at radius 3 is 2.43 bits per heavy atom. The summed E-state index contributed by atoms with van der Waals surface area (Å²) < 4.78 is 5.50. The first-order chi connectivity index (χ1) is 9.97. The normalized spacial score (nSPS) is 21.3. The van der Waals surface area contributed by atoms with E-state index in [1.807, 2.05) is 13.8 Å². The Morgan fingerprint density at radius 2 is 1.90 bits per heavy atom. The van der Waals surface area contributed by atoms with Crippen LogP contribution in [0.4, 0.5) is 0 Å². The lowest BCUT2D eigenvalue weighted by atomic mass is 9.95. The van der Waals surface area contributed by atoms with Crippen LogP contribution in [0.2, 0.25) is 0 Å². The molecular weight excluding hydrogens is 262 g/mol. The summed E-state index contributed by atoms with van der Waals surface area (Å²) in [7, 11) is 2.18. The summed E-state index contributed by atoms with van der Waals surface area (Å²) in [6.07, 6.45) is 6.52. The molecule has 21 heavy (non-hydrogen) atoms. The minimum Gasteiger partial charge on any atom is -0.390 e. The molecule has 1 aliphatic carbocycles. The molecule has 1 saturated carbocycles. The molecule has 1 fully saturated rings. The van der Waals surface area contributed by atoms with Crippen LogP contribution in [0.3, 0.4) is 0 Å². The van der Waals surface area contributed by atoms with Crippen LogP contribution in [0, 0.1) is 17.8 Å². The van der Waals surface area contributed by atoms with Gasteiger partial charge in [-0.15, -0.1) is 0 Å². The molecule has 0 aromatic rings. The topological polar surface area (TPSA) is 32.7 Å². The number of aliphatic hydroxyl groups is 1. The zero-order chi connectivity index (χ0) is 15.8. The molecule has 1 rings (SSSR count). The SMILES string of the molecule is CCO[C@@H](C)[C@@H](O)[C@H](C)CN(C)CCC(CC)CC1CC1. The van der Waals surface area contributed by atoms with E-state index >= 15 is 0 Å². The fraction of sp³-hybridized carbons (Fsp3) is 1.00. The maximum Gasteiger partial charge on any atom is 0.0836 e. The maximum absolute atomic E-state index is 10.3. The van der Waals surface area contributed by atoms with Gasteiger partial charge in [0, 0.05) is 13.2 Å². The Labute approximate surface area is 132 Å². The molecule has 0 radical (unpaired) electrons. The lowest BCUT2D eigenvalue weighted by Crippen LogP contribution is -2.38. The van der Waals surface area contributed by atoms with E-state index in [0.717, 1.165) is 24.9 Å². The molecule has 0 amide bonds. The van der Waals surface area contributed by atoms with Gasteiger partial charge in [0.15, 0.2) is 0 Å². The van der Waals surface area contributed by atoms with E-state index in [4.69, 9.17) is 4.74 Å². The zero-order valence-corrected chi connectivity index (χ0v) is 14.8. The molecule has 0 bridgehead atoms. The van der Waals surface area contributed by atoms with Gasteiger partial charge in [-0.05, 0) is 58.0 Å². The second-order valence-corrected chi connectivity index (χ2v) is 7.13. The Morgan fingerprint density at radius 1 is 1.24 bits per heavy atom. The van der Waals surface area contributed by atoms with Crippen LogP contribution >= 0.6 is 0 Å². The third-order valence-electron chi connectivity index (χ3n) is 4.95. The summed E-state index contributed by atoms with van der Waals surface area (Å²) in [4.78, 5) is 2.38. The molecule has 0 aromatic heterocycles. The van der Waals surface area contributed by atoms with Crippen molar-refractivity contribution in [3.05, 3.63) is 0 Å². The highest BCUT2D eigenvalue weighted by Crippen LogP contribution is 2.37. The first kappa shape index (κ1) is 18.9. The van der Waals surface area contributed by atoms with E-state index in [0.29, 0.717) is 6.61 Å². The summed E-state index contributed by atoms with van der Waals surface area (Å²) in [5.74, 6) is 2.18. The van der Waals surface area contributed by atoms with Gasteiger partial charge in [-0.1, -0.05) is 33.1 Å². The predicted molar refractivity (Wildman–Crippen MR) is 89.5 cm³/mol. The molecular formula is C18H37NO2. The van der Waals surface area contributed by atoms with Gasteiger partial charge in [-0.3, -0.25) is 0 Å². The van der Waals surface area contributed by atoms with Crippen molar-refractivity contribution in [3.63, 3.8) is 0 Å². The molecule has 3 heteroatoms. The molecule has 0 aromatic carbocycles. The number of ether oxygens (including phenoxy) is 1. The number of aliphatic hydroxyl groups excluding tert-OH is 1. The van der Waals surface area contributed by atoms with Gasteiger partial charge >= 0.3 is 0 Å². The van der Waals surface area contributed by atoms with Crippen LogP contribution in [0.25, 0.3) is 0 Å². The molecule has 0 spiro atoms. The molecule has 0 saturated heterocycles. The average molecular weight is 299 g/mol. The van der Waals surface area contributed by atoms with Crippen LogP contribution in [0.15, 0.2) is 0 Å². The highest BCUT2D eigenvalue weighted by molar-refractivity contribution is 4.78. The summed E-state index contributed by atoms with van der Waals surface area (Å²) >= 11 is 0. The summed E-state index contributed by atoms with van der Waals surface area (Å²) in [6, 6.07) is 0. The van der Waals surface area contributed by atoms with E-state index in [2.05, 4.69) is 25.8 Å². The number of hydrogen-bond acceptors (Lipinski definition) is 3. The first-order valence-corrected chi connectivity index (χ1v) is 8.96. The molecule has 1 N–H and O–H groups in total. The lowest BCUT2D eigenvalue weighted by molar-refractivity contribution is -0.0496. The van der Waals surface area contributed by atoms with Crippen LogP contribution < -0.4 is 0 Å². The van der Waals surface area contributed by atoms with Crippen molar-refractivity contribution in [1.29, 1.82) is 0 Å². The minimum absolute atomic E-state index is 0.0725. The molecule has 1 aliphatic rings. The average Bonchev–Trinajstić information content (AvgIpc) is 3.26. The maximum atomic E-state index is 10.3. The third kappa shape index (κ3) is 7.62. The quantitative estimate of drug-likeness (QED) is 0.598. The smallest absolute Gasteiger partial charge is 0.0836 e.